The van der Waals surface area contributed by atoms with Crippen molar-refractivity contribution in [2.45, 2.75) is 160 Å². The Balaban J connectivity index is 1.59. The summed E-state index contributed by atoms with van der Waals surface area (Å²) in [4.78, 5) is 28.9. The van der Waals surface area contributed by atoms with E-state index in [0.29, 0.717) is 13.0 Å². The van der Waals surface area contributed by atoms with Crippen LogP contribution in [0.5, 0.6) is 0 Å². The van der Waals surface area contributed by atoms with Crippen LogP contribution >= 0.6 is 0 Å². The predicted octanol–water partition coefficient (Wildman–Crippen LogP) is 6.39. The average molecular weight is 523 g/mol. The molecular weight excluding hydrogens is 464 g/mol. The molecule has 0 radical (unpaired) electrons. The normalized spacial score (nSPS) is 25.0. The Morgan fingerprint density at radius 2 is 1.19 bits per heavy atom. The summed E-state index contributed by atoms with van der Waals surface area (Å²) >= 11 is 0. The lowest BCUT2D eigenvalue weighted by molar-refractivity contribution is -0.159. The second kappa shape index (κ2) is 12.9. The van der Waals surface area contributed by atoms with E-state index < -0.39 is 0 Å². The van der Waals surface area contributed by atoms with Gasteiger partial charge in [0.25, 0.3) is 0 Å². The quantitative estimate of drug-likeness (QED) is 0.159. The molecule has 2 aliphatic rings. The molecule has 0 aromatic heterocycles. The molecule has 2 rings (SSSR count). The fraction of sp³-hybridized carbons (Fsp3) is 0.935. The highest BCUT2D eigenvalue weighted by Gasteiger charge is 2.45. The molecule has 2 saturated heterocycles. The van der Waals surface area contributed by atoms with Gasteiger partial charge in [0.15, 0.2) is 0 Å². The molecule has 2 fully saturated rings. The SMILES string of the molecule is CN1C(C)(C)CC(OCC(C=O)CCCCCCCC(=O)OC2CC(C)(C)N(C)C(C)(C)C2)CC1(C)C. The minimum absolute atomic E-state index is 0.00265. The summed E-state index contributed by atoms with van der Waals surface area (Å²) < 4.78 is 12.1. The van der Waals surface area contributed by atoms with E-state index in [4.69, 9.17) is 9.47 Å². The Labute approximate surface area is 228 Å². The number of ether oxygens (including phenoxy) is 2. The van der Waals surface area contributed by atoms with E-state index in [1.807, 2.05) is 0 Å². The summed E-state index contributed by atoms with van der Waals surface area (Å²) in [5, 5.41) is 0. The van der Waals surface area contributed by atoms with Crippen molar-refractivity contribution in [2.75, 3.05) is 20.7 Å². The Morgan fingerprint density at radius 3 is 1.68 bits per heavy atom. The standard InChI is InChI=1S/C31H58N2O4/c1-28(2)18-25(19-29(3,4)32(28)9)36-23-24(22-34)16-14-12-11-13-15-17-27(35)37-26-20-30(5,6)33(10)31(7,8)21-26/h22,24-26H,11-21,23H2,1-10H3. The second-order valence-electron chi connectivity index (χ2n) is 14.5. The molecule has 0 amide bonds. The van der Waals surface area contributed by atoms with Crippen LogP contribution in [-0.4, -0.2) is 77.1 Å². The van der Waals surface area contributed by atoms with Gasteiger partial charge in [-0.2, -0.15) is 0 Å². The van der Waals surface area contributed by atoms with Gasteiger partial charge in [-0.05, 0) is 95.2 Å². The zero-order valence-corrected chi connectivity index (χ0v) is 25.8. The Bertz CT molecular complexity index is 709. The molecule has 37 heavy (non-hydrogen) atoms. The molecule has 0 aliphatic carbocycles. The van der Waals surface area contributed by atoms with Gasteiger partial charge in [-0.3, -0.25) is 14.6 Å². The summed E-state index contributed by atoms with van der Waals surface area (Å²) in [5.74, 6) is -0.0801. The van der Waals surface area contributed by atoms with Crippen LogP contribution in [0.25, 0.3) is 0 Å². The lowest BCUT2D eigenvalue weighted by atomic mass is 9.78. The molecule has 6 nitrogen and oxygen atoms in total. The number of piperidine rings is 2. The minimum atomic E-state index is -0.0559. The van der Waals surface area contributed by atoms with Gasteiger partial charge in [0.05, 0.1) is 12.7 Å². The number of aldehydes is 1. The first kappa shape index (κ1) is 32.2. The topological polar surface area (TPSA) is 59.1 Å². The van der Waals surface area contributed by atoms with E-state index in [0.717, 1.165) is 70.5 Å². The van der Waals surface area contributed by atoms with Crippen LogP contribution in [0.15, 0.2) is 0 Å². The molecule has 0 aromatic carbocycles. The maximum absolute atomic E-state index is 12.4. The third kappa shape index (κ3) is 9.32. The van der Waals surface area contributed by atoms with Crippen molar-refractivity contribution in [3.8, 4) is 0 Å². The zero-order chi connectivity index (χ0) is 28.1. The number of rotatable bonds is 13. The van der Waals surface area contributed by atoms with Crippen LogP contribution in [0.1, 0.15) is 126 Å². The van der Waals surface area contributed by atoms with Gasteiger partial charge in [0.2, 0.25) is 0 Å². The fourth-order valence-electron chi connectivity index (χ4n) is 6.66. The summed E-state index contributed by atoms with van der Waals surface area (Å²) in [6, 6.07) is 0. The third-order valence-corrected chi connectivity index (χ3v) is 9.53. The largest absolute Gasteiger partial charge is 0.462 e. The Kier molecular flexibility index (Phi) is 11.3. The number of hydrogen-bond donors (Lipinski definition) is 0. The van der Waals surface area contributed by atoms with Gasteiger partial charge in [0.1, 0.15) is 12.4 Å². The molecule has 0 bridgehead atoms. The minimum Gasteiger partial charge on any atom is -0.462 e. The van der Waals surface area contributed by atoms with Crippen LogP contribution in [0.2, 0.25) is 0 Å². The van der Waals surface area contributed by atoms with Gasteiger partial charge in [-0.25, -0.2) is 0 Å². The predicted molar refractivity (Wildman–Crippen MR) is 152 cm³/mol. The number of esters is 1. The molecule has 1 unspecified atom stereocenters. The number of likely N-dealkylation sites (tertiary alicyclic amines) is 2. The first-order valence-electron chi connectivity index (χ1n) is 14.7. The molecular formula is C31H58N2O4. The van der Waals surface area contributed by atoms with Gasteiger partial charge in [-0.15, -0.1) is 0 Å². The third-order valence-electron chi connectivity index (χ3n) is 9.53. The lowest BCUT2D eigenvalue weighted by Crippen LogP contribution is -2.60. The van der Waals surface area contributed by atoms with Gasteiger partial charge >= 0.3 is 5.97 Å². The van der Waals surface area contributed by atoms with Gasteiger partial charge < -0.3 is 14.3 Å². The van der Waals surface area contributed by atoms with Gasteiger partial charge in [0, 0.05) is 47.3 Å². The first-order chi connectivity index (χ1) is 17.0. The van der Waals surface area contributed by atoms with E-state index >= 15 is 0 Å². The summed E-state index contributed by atoms with van der Waals surface area (Å²) in [6.07, 6.45) is 11.5. The van der Waals surface area contributed by atoms with E-state index in [-0.39, 0.29) is 46.3 Å². The highest BCUT2D eigenvalue weighted by Crippen LogP contribution is 2.39. The van der Waals surface area contributed by atoms with Crippen LogP contribution in [0, 0.1) is 5.92 Å². The highest BCUT2D eigenvalue weighted by molar-refractivity contribution is 5.69. The van der Waals surface area contributed by atoms with E-state index in [1.165, 1.54) is 0 Å². The maximum atomic E-state index is 12.4. The zero-order valence-electron chi connectivity index (χ0n) is 25.8. The smallest absolute Gasteiger partial charge is 0.306 e. The van der Waals surface area contributed by atoms with Crippen molar-refractivity contribution < 1.29 is 19.1 Å². The van der Waals surface area contributed by atoms with Crippen molar-refractivity contribution >= 4 is 12.3 Å². The highest BCUT2D eigenvalue weighted by atomic mass is 16.5. The van der Waals surface area contributed by atoms with E-state index in [9.17, 15) is 9.59 Å². The Hall–Kier alpha value is -0.980. The van der Waals surface area contributed by atoms with Crippen molar-refractivity contribution in [1.82, 2.24) is 9.80 Å². The van der Waals surface area contributed by atoms with Crippen LogP contribution in [0.4, 0.5) is 0 Å². The Morgan fingerprint density at radius 1 is 0.757 bits per heavy atom. The van der Waals surface area contributed by atoms with E-state index in [1.54, 1.807) is 0 Å². The van der Waals surface area contributed by atoms with Crippen molar-refractivity contribution in [3.63, 3.8) is 0 Å². The lowest BCUT2D eigenvalue weighted by Gasteiger charge is -2.53. The number of carbonyl (C=O) groups is 2. The molecule has 0 N–H and O–H groups in total. The van der Waals surface area contributed by atoms with Crippen LogP contribution in [-0.2, 0) is 19.1 Å². The monoisotopic (exact) mass is 522 g/mol. The molecule has 0 aromatic rings. The summed E-state index contributed by atoms with van der Waals surface area (Å²) in [5.41, 5.74) is 0.237. The number of hydrogen-bond acceptors (Lipinski definition) is 6. The van der Waals surface area contributed by atoms with Gasteiger partial charge in [-0.1, -0.05) is 25.7 Å². The van der Waals surface area contributed by atoms with Crippen molar-refractivity contribution in [3.05, 3.63) is 0 Å². The molecule has 2 heterocycles. The molecule has 1 atom stereocenters. The van der Waals surface area contributed by atoms with Crippen LogP contribution in [0.3, 0.4) is 0 Å². The van der Waals surface area contributed by atoms with Crippen LogP contribution < -0.4 is 0 Å². The molecule has 216 valence electrons. The summed E-state index contributed by atoms with van der Waals surface area (Å²) in [6.45, 7) is 18.5. The number of carbonyl (C=O) groups excluding carboxylic acids is 2. The molecule has 0 saturated carbocycles. The number of nitrogens with zero attached hydrogens (tertiary/aromatic N) is 2. The molecule has 2 aliphatic heterocycles. The van der Waals surface area contributed by atoms with E-state index in [2.05, 4.69) is 79.3 Å². The average Bonchev–Trinajstić information content (AvgIpc) is 2.76. The first-order valence-corrected chi connectivity index (χ1v) is 14.7. The maximum Gasteiger partial charge on any atom is 0.306 e. The van der Waals surface area contributed by atoms with Crippen molar-refractivity contribution in [2.24, 2.45) is 5.92 Å². The molecule has 6 heteroatoms. The summed E-state index contributed by atoms with van der Waals surface area (Å²) in [7, 11) is 4.36. The molecule has 0 spiro atoms. The number of unbranched alkanes of at least 4 members (excludes halogenated alkanes) is 4. The fourth-order valence-corrected chi connectivity index (χ4v) is 6.66. The second-order valence-corrected chi connectivity index (χ2v) is 14.5. The van der Waals surface area contributed by atoms with Crippen molar-refractivity contribution in [1.29, 1.82) is 0 Å².